The molecule has 0 aromatic carbocycles. The summed E-state index contributed by atoms with van der Waals surface area (Å²) in [6.07, 6.45) is 0. The monoisotopic (exact) mass is 306 g/mol. The average Bonchev–Trinajstić information content (AvgIpc) is 1.99. The van der Waals surface area contributed by atoms with Gasteiger partial charge in [-0.15, -0.1) is 4.79 Å². The van der Waals surface area contributed by atoms with Gasteiger partial charge in [-0.05, 0) is 0 Å². The number of alkyl halides is 6. The van der Waals surface area contributed by atoms with Gasteiger partial charge in [0.15, 0.2) is 0 Å². The fraction of sp³-hybridized carbons (Fsp3) is 0.667. The van der Waals surface area contributed by atoms with Crippen LogP contribution in [0.2, 0.25) is 0 Å². The number of sulfone groups is 2. The molecule has 0 aliphatic heterocycles. The van der Waals surface area contributed by atoms with Gasteiger partial charge in [0.2, 0.25) is 0 Å². The zero-order valence-corrected chi connectivity index (χ0v) is 8.74. The Balaban J connectivity index is 6.23. The average molecular weight is 306 g/mol. The van der Waals surface area contributed by atoms with E-state index in [4.69, 9.17) is 5.53 Å². The number of halogens is 6. The molecular weight excluding hydrogens is 306 g/mol. The van der Waals surface area contributed by atoms with Crippen LogP contribution in [0.3, 0.4) is 0 Å². The van der Waals surface area contributed by atoms with Crippen molar-refractivity contribution in [2.75, 3.05) is 0 Å². The number of hydrogen-bond donors (Lipinski definition) is 0. The summed E-state index contributed by atoms with van der Waals surface area (Å²) in [5.41, 5.74) is -4.96. The van der Waals surface area contributed by atoms with E-state index in [1.54, 1.807) is 0 Å². The molecule has 6 nitrogen and oxygen atoms in total. The third kappa shape index (κ3) is 2.58. The van der Waals surface area contributed by atoms with E-state index >= 15 is 0 Å². The summed E-state index contributed by atoms with van der Waals surface area (Å²) in [7, 11) is -13.9. The molecule has 0 unspecified atom stereocenters. The van der Waals surface area contributed by atoms with E-state index in [0.29, 0.717) is 0 Å². The highest BCUT2D eigenvalue weighted by Gasteiger charge is 2.67. The second-order valence-corrected chi connectivity index (χ2v) is 6.24. The molecule has 14 heteroatoms. The normalized spacial score (nSPS) is 14.2. The second-order valence-electron chi connectivity index (χ2n) is 2.26. The van der Waals surface area contributed by atoms with Gasteiger partial charge in [0.1, 0.15) is 0 Å². The first-order chi connectivity index (χ1) is 7.19. The summed E-state index contributed by atoms with van der Waals surface area (Å²) in [5, 5.41) is 0. The molecule has 100 valence electrons. The smallest absolute Gasteiger partial charge is 0.359 e. The third-order valence-electron chi connectivity index (χ3n) is 1.15. The first kappa shape index (κ1) is 15.9. The van der Waals surface area contributed by atoms with Gasteiger partial charge in [0, 0.05) is 0 Å². The summed E-state index contributed by atoms with van der Waals surface area (Å²) in [5.74, 6) is 0. The predicted octanol–water partition coefficient (Wildman–Crippen LogP) is 0.441. The van der Waals surface area contributed by atoms with Crippen molar-refractivity contribution in [2.24, 2.45) is 0 Å². The molecule has 0 aliphatic rings. The summed E-state index contributed by atoms with van der Waals surface area (Å²) >= 11 is 0. The van der Waals surface area contributed by atoms with Crippen molar-refractivity contribution in [3.8, 4) is 0 Å². The Kier molecular flexibility index (Phi) is 3.69. The maximum absolute atomic E-state index is 11.8. The van der Waals surface area contributed by atoms with Crippen LogP contribution >= 0.6 is 0 Å². The van der Waals surface area contributed by atoms with Crippen molar-refractivity contribution in [2.45, 2.75) is 11.0 Å². The van der Waals surface area contributed by atoms with Crippen LogP contribution in [0, 0.1) is 0 Å². The highest BCUT2D eigenvalue weighted by molar-refractivity contribution is 8.31. The fourth-order valence-corrected chi connectivity index (χ4v) is 2.78. The standard InChI is InChI=1S/C3F6N2O4S2/c4-2(5,6)16(12,13)1(11-10)17(14,15)3(7,8)9. The van der Waals surface area contributed by atoms with Crippen molar-refractivity contribution in [3.05, 3.63) is 5.53 Å². The minimum absolute atomic E-state index is 1.07. The molecular formula is C3F6N2O4S2. The van der Waals surface area contributed by atoms with Gasteiger partial charge in [0.05, 0.1) is 0 Å². The van der Waals surface area contributed by atoms with Crippen molar-refractivity contribution >= 4 is 24.1 Å². The Morgan fingerprint density at radius 3 is 1.18 bits per heavy atom. The van der Waals surface area contributed by atoms with Crippen LogP contribution in [-0.4, -0.2) is 37.0 Å². The molecule has 0 amide bonds. The Bertz CT molecular complexity index is 515. The fourth-order valence-electron chi connectivity index (χ4n) is 0.450. The van der Waals surface area contributed by atoms with E-state index in [1.165, 1.54) is 0 Å². The van der Waals surface area contributed by atoms with E-state index in [0.717, 1.165) is 4.79 Å². The van der Waals surface area contributed by atoms with Gasteiger partial charge in [0.25, 0.3) is 0 Å². The number of nitrogens with zero attached hydrogens (tertiary/aromatic N) is 2. The Labute approximate surface area is 89.3 Å². The van der Waals surface area contributed by atoms with Gasteiger partial charge in [-0.3, -0.25) is 0 Å². The van der Waals surface area contributed by atoms with E-state index in [1.807, 2.05) is 0 Å². The summed E-state index contributed by atoms with van der Waals surface area (Å²) in [6.45, 7) is 0. The SMILES string of the molecule is [N-]=[N+]=C(S(=O)(=O)C(F)(F)F)S(=O)(=O)C(F)(F)F. The van der Waals surface area contributed by atoms with Crippen LogP contribution < -0.4 is 0 Å². The minimum atomic E-state index is -6.94. The molecule has 0 spiro atoms. The maximum Gasteiger partial charge on any atom is 0.512 e. The quantitative estimate of drug-likeness (QED) is 0.213. The van der Waals surface area contributed by atoms with Gasteiger partial charge in [-0.2, -0.15) is 26.3 Å². The van der Waals surface area contributed by atoms with E-state index in [-0.39, 0.29) is 0 Å². The first-order valence-corrected chi connectivity index (χ1v) is 6.01. The summed E-state index contributed by atoms with van der Waals surface area (Å²) < 4.78 is 109. The van der Waals surface area contributed by atoms with Gasteiger partial charge in [-0.1, -0.05) is 0 Å². The van der Waals surface area contributed by atoms with Crippen molar-refractivity contribution in [1.29, 1.82) is 0 Å². The Morgan fingerprint density at radius 1 is 0.824 bits per heavy atom. The molecule has 0 rings (SSSR count). The van der Waals surface area contributed by atoms with E-state index in [9.17, 15) is 43.2 Å². The molecule has 0 fully saturated rings. The zero-order chi connectivity index (χ0) is 14.3. The van der Waals surface area contributed by atoms with Gasteiger partial charge >= 0.3 is 35.1 Å². The van der Waals surface area contributed by atoms with Gasteiger partial charge in [-0.25, -0.2) is 16.8 Å². The molecule has 0 aromatic heterocycles. The lowest BCUT2D eigenvalue weighted by Crippen LogP contribution is -2.42. The summed E-state index contributed by atoms with van der Waals surface area (Å²) in [4.78, 5) is 1.07. The van der Waals surface area contributed by atoms with Crippen LogP contribution in [0.5, 0.6) is 0 Å². The number of rotatable bonds is 0. The van der Waals surface area contributed by atoms with Crippen LogP contribution in [0.4, 0.5) is 26.3 Å². The third-order valence-corrected chi connectivity index (χ3v) is 4.77. The molecule has 0 atom stereocenters. The van der Waals surface area contributed by atoms with E-state index in [2.05, 4.69) is 0 Å². The van der Waals surface area contributed by atoms with Gasteiger partial charge < -0.3 is 5.53 Å². The van der Waals surface area contributed by atoms with Crippen LogP contribution in [0.25, 0.3) is 5.53 Å². The largest absolute Gasteiger partial charge is 0.512 e. The molecule has 0 radical (unpaired) electrons. The lowest BCUT2D eigenvalue weighted by atomic mass is 11.5. The van der Waals surface area contributed by atoms with Crippen LogP contribution in [0.1, 0.15) is 0 Å². The molecule has 0 aliphatic carbocycles. The van der Waals surface area contributed by atoms with E-state index < -0.39 is 35.1 Å². The highest BCUT2D eigenvalue weighted by Crippen LogP contribution is 2.32. The molecule has 0 heterocycles. The van der Waals surface area contributed by atoms with Crippen LogP contribution in [-0.2, 0) is 19.7 Å². The zero-order valence-electron chi connectivity index (χ0n) is 7.11. The maximum atomic E-state index is 11.8. The Hall–Kier alpha value is -1.14. The number of hydrogen-bond acceptors (Lipinski definition) is 4. The lowest BCUT2D eigenvalue weighted by Gasteiger charge is -2.06. The molecule has 0 bridgehead atoms. The molecule has 17 heavy (non-hydrogen) atoms. The Morgan fingerprint density at radius 2 is 1.06 bits per heavy atom. The van der Waals surface area contributed by atoms with Crippen molar-refractivity contribution < 1.29 is 48.0 Å². The topological polar surface area (TPSA) is 105 Å². The molecule has 0 aromatic rings. The van der Waals surface area contributed by atoms with Crippen molar-refractivity contribution in [3.63, 3.8) is 0 Å². The lowest BCUT2D eigenvalue weighted by molar-refractivity contribution is -0.0483. The second kappa shape index (κ2) is 3.96. The van der Waals surface area contributed by atoms with Crippen LogP contribution in [0.15, 0.2) is 0 Å². The molecule has 0 N–H and O–H groups in total. The highest BCUT2D eigenvalue weighted by atomic mass is 32.3. The minimum Gasteiger partial charge on any atom is -0.359 e. The summed E-state index contributed by atoms with van der Waals surface area (Å²) in [6, 6.07) is 0. The molecule has 0 saturated carbocycles. The predicted molar refractivity (Wildman–Crippen MR) is 38.6 cm³/mol. The first-order valence-electron chi connectivity index (χ1n) is 3.04. The van der Waals surface area contributed by atoms with Crippen molar-refractivity contribution in [1.82, 2.24) is 0 Å². The molecule has 0 saturated heterocycles.